The van der Waals surface area contributed by atoms with Crippen LogP contribution in [0.4, 0.5) is 11.4 Å². The van der Waals surface area contributed by atoms with Gasteiger partial charge in [0.25, 0.3) is 11.8 Å². The molecule has 8 heteroatoms. The zero-order chi connectivity index (χ0) is 25.4. The lowest BCUT2D eigenvalue weighted by molar-refractivity contribution is 0.101. The van der Waals surface area contributed by atoms with Crippen LogP contribution in [0.3, 0.4) is 0 Å². The van der Waals surface area contributed by atoms with Gasteiger partial charge in [-0.15, -0.1) is 0 Å². The van der Waals surface area contributed by atoms with Crippen molar-refractivity contribution >= 4 is 67.9 Å². The fourth-order valence-corrected chi connectivity index (χ4v) is 4.33. The van der Waals surface area contributed by atoms with Crippen molar-refractivity contribution < 1.29 is 19.8 Å². The number of anilines is 2. The van der Waals surface area contributed by atoms with E-state index >= 15 is 0 Å². The van der Waals surface area contributed by atoms with E-state index in [0.29, 0.717) is 43.3 Å². The van der Waals surface area contributed by atoms with E-state index in [-0.39, 0.29) is 22.3 Å². The van der Waals surface area contributed by atoms with Crippen LogP contribution in [0.1, 0.15) is 20.7 Å². The van der Waals surface area contributed by atoms with Crippen molar-refractivity contribution in [2.75, 3.05) is 10.6 Å². The summed E-state index contributed by atoms with van der Waals surface area (Å²) >= 11 is 11.8. The average molecular weight is 517 g/mol. The monoisotopic (exact) mass is 516 g/mol. The van der Waals surface area contributed by atoms with Gasteiger partial charge in [0.05, 0.1) is 22.1 Å². The van der Waals surface area contributed by atoms with Crippen LogP contribution in [0.2, 0.25) is 10.0 Å². The maximum atomic E-state index is 12.8. The minimum absolute atomic E-state index is 0.146. The topological polar surface area (TPSA) is 98.7 Å². The molecule has 0 aliphatic heterocycles. The third kappa shape index (κ3) is 4.28. The van der Waals surface area contributed by atoms with Crippen LogP contribution in [-0.2, 0) is 0 Å². The summed E-state index contributed by atoms with van der Waals surface area (Å²) in [5.74, 6) is -1.09. The Bertz CT molecular complexity index is 1520. The summed E-state index contributed by atoms with van der Waals surface area (Å²) in [6.45, 7) is 0. The highest BCUT2D eigenvalue weighted by atomic mass is 35.5. The number of aromatic hydroxyl groups is 2. The quantitative estimate of drug-likeness (QED) is 0.150. The normalized spacial score (nSPS) is 10.9. The molecule has 0 atom stereocenters. The lowest BCUT2D eigenvalue weighted by Gasteiger charge is -2.16. The Hall–Kier alpha value is -4.26. The summed E-state index contributed by atoms with van der Waals surface area (Å²) in [5.41, 5.74) is 1.40. The number of hydrogen-bond donors (Lipinski definition) is 4. The second-order valence-corrected chi connectivity index (χ2v) is 8.95. The number of fused-ring (bicyclic) bond motifs is 2. The molecule has 0 saturated heterocycles. The van der Waals surface area contributed by atoms with Crippen molar-refractivity contribution in [3.8, 4) is 11.5 Å². The average Bonchev–Trinajstić information content (AvgIpc) is 2.88. The molecule has 0 aliphatic rings. The Kier molecular flexibility index (Phi) is 6.14. The number of rotatable bonds is 4. The van der Waals surface area contributed by atoms with Crippen molar-refractivity contribution in [2.24, 2.45) is 0 Å². The molecule has 4 N–H and O–H groups in total. The van der Waals surface area contributed by atoms with Crippen molar-refractivity contribution in [1.29, 1.82) is 0 Å². The molecule has 0 aromatic heterocycles. The minimum atomic E-state index is -0.401. The molecule has 2 amide bonds. The Morgan fingerprint density at radius 1 is 0.556 bits per heavy atom. The largest absolute Gasteiger partial charge is 0.507 e. The summed E-state index contributed by atoms with van der Waals surface area (Å²) in [7, 11) is 0. The van der Waals surface area contributed by atoms with Crippen LogP contribution >= 0.6 is 23.2 Å². The highest BCUT2D eigenvalue weighted by Crippen LogP contribution is 2.47. The SMILES string of the molecule is O=C(Nc1cccc2c(O)c3c(NC(=O)c4ccc(Cl)cc4)cccc3c(O)c12)c1ccc(Cl)cc1. The molecule has 0 fully saturated rings. The zero-order valence-corrected chi connectivity index (χ0v) is 20.1. The van der Waals surface area contributed by atoms with Gasteiger partial charge in [-0.3, -0.25) is 9.59 Å². The molecule has 0 bridgehead atoms. The van der Waals surface area contributed by atoms with Gasteiger partial charge in [-0.25, -0.2) is 0 Å². The summed E-state index contributed by atoms with van der Waals surface area (Å²) in [6, 6.07) is 22.6. The Balaban J connectivity index is 1.59. The number of halogens is 2. The fraction of sp³-hybridized carbons (Fsp3) is 0. The first kappa shape index (κ1) is 23.5. The number of phenols is 2. The van der Waals surface area contributed by atoms with Gasteiger partial charge in [0, 0.05) is 31.9 Å². The first-order valence-electron chi connectivity index (χ1n) is 10.9. The van der Waals surface area contributed by atoms with Crippen LogP contribution in [0, 0.1) is 0 Å². The standard InChI is InChI=1S/C28H18Cl2N2O4/c29-17-11-7-15(8-12-17)27(35)31-21-5-1-3-19-23(21)26(34)20-4-2-6-22(24(20)25(19)33)32-28(36)16-9-13-18(30)14-10-16/h1-14,33-34H,(H,31,35)(H,32,36). The van der Waals surface area contributed by atoms with E-state index in [1.54, 1.807) is 84.9 Å². The Morgan fingerprint density at radius 2 is 0.917 bits per heavy atom. The first-order valence-corrected chi connectivity index (χ1v) is 11.6. The van der Waals surface area contributed by atoms with Crippen LogP contribution < -0.4 is 10.6 Å². The van der Waals surface area contributed by atoms with E-state index in [4.69, 9.17) is 23.2 Å². The number of benzene rings is 5. The highest BCUT2D eigenvalue weighted by molar-refractivity contribution is 6.31. The van der Waals surface area contributed by atoms with Gasteiger partial charge in [-0.05, 0) is 60.7 Å². The molecule has 0 saturated carbocycles. The van der Waals surface area contributed by atoms with Crippen LogP contribution in [0.25, 0.3) is 21.5 Å². The number of phenolic OH excluding ortho intramolecular Hbond substituents is 2. The molecule has 0 spiro atoms. The molecular weight excluding hydrogens is 499 g/mol. The Labute approximate surface area is 215 Å². The van der Waals surface area contributed by atoms with Crippen LogP contribution in [0.5, 0.6) is 11.5 Å². The molecule has 178 valence electrons. The third-order valence-electron chi connectivity index (χ3n) is 5.82. The molecule has 6 nitrogen and oxygen atoms in total. The first-order chi connectivity index (χ1) is 17.3. The number of carbonyl (C=O) groups excluding carboxylic acids is 2. The fourth-order valence-electron chi connectivity index (χ4n) is 4.08. The van der Waals surface area contributed by atoms with Gasteiger partial charge in [-0.1, -0.05) is 47.5 Å². The maximum Gasteiger partial charge on any atom is 0.255 e. The lowest BCUT2D eigenvalue weighted by atomic mass is 9.98. The molecule has 5 aromatic rings. The van der Waals surface area contributed by atoms with E-state index in [1.807, 2.05) is 0 Å². The van der Waals surface area contributed by atoms with E-state index in [9.17, 15) is 19.8 Å². The van der Waals surface area contributed by atoms with E-state index in [0.717, 1.165) is 0 Å². The van der Waals surface area contributed by atoms with E-state index < -0.39 is 11.8 Å². The Morgan fingerprint density at radius 3 is 1.28 bits per heavy atom. The number of nitrogens with one attached hydrogen (secondary N) is 2. The minimum Gasteiger partial charge on any atom is -0.507 e. The smallest absolute Gasteiger partial charge is 0.255 e. The predicted octanol–water partition coefficient (Wildman–Crippen LogP) is 7.22. The van der Waals surface area contributed by atoms with Crippen molar-refractivity contribution in [3.63, 3.8) is 0 Å². The van der Waals surface area contributed by atoms with Gasteiger partial charge in [-0.2, -0.15) is 0 Å². The van der Waals surface area contributed by atoms with E-state index in [1.165, 1.54) is 0 Å². The molecule has 0 aliphatic carbocycles. The maximum absolute atomic E-state index is 12.8. The second kappa shape index (κ2) is 9.41. The molecule has 5 rings (SSSR count). The summed E-state index contributed by atoms with van der Waals surface area (Å²) in [4.78, 5) is 25.6. The molecule has 0 radical (unpaired) electrons. The number of hydrogen-bond acceptors (Lipinski definition) is 4. The molecule has 0 unspecified atom stereocenters. The van der Waals surface area contributed by atoms with Crippen molar-refractivity contribution in [3.05, 3.63) is 106 Å². The molecule has 0 heterocycles. The highest BCUT2D eigenvalue weighted by Gasteiger charge is 2.20. The van der Waals surface area contributed by atoms with Crippen molar-refractivity contribution in [1.82, 2.24) is 0 Å². The molecule has 5 aromatic carbocycles. The van der Waals surface area contributed by atoms with E-state index in [2.05, 4.69) is 10.6 Å². The van der Waals surface area contributed by atoms with Crippen molar-refractivity contribution in [2.45, 2.75) is 0 Å². The number of carbonyl (C=O) groups is 2. The van der Waals surface area contributed by atoms with Crippen LogP contribution in [-0.4, -0.2) is 22.0 Å². The number of amides is 2. The molecule has 36 heavy (non-hydrogen) atoms. The summed E-state index contributed by atoms with van der Waals surface area (Å²) in [5, 5.41) is 30.2. The summed E-state index contributed by atoms with van der Waals surface area (Å²) in [6.07, 6.45) is 0. The molecular formula is C28H18Cl2N2O4. The van der Waals surface area contributed by atoms with Gasteiger partial charge in [0.15, 0.2) is 0 Å². The van der Waals surface area contributed by atoms with Crippen LogP contribution in [0.15, 0.2) is 84.9 Å². The van der Waals surface area contributed by atoms with Gasteiger partial charge in [0.2, 0.25) is 0 Å². The lowest BCUT2D eigenvalue weighted by Crippen LogP contribution is -2.12. The second-order valence-electron chi connectivity index (χ2n) is 8.08. The van der Waals surface area contributed by atoms with Gasteiger partial charge < -0.3 is 20.8 Å². The van der Waals surface area contributed by atoms with Gasteiger partial charge in [0.1, 0.15) is 11.5 Å². The predicted molar refractivity (Wildman–Crippen MR) is 144 cm³/mol. The van der Waals surface area contributed by atoms with Gasteiger partial charge >= 0.3 is 0 Å². The third-order valence-corrected chi connectivity index (χ3v) is 6.33. The summed E-state index contributed by atoms with van der Waals surface area (Å²) < 4.78 is 0. The zero-order valence-electron chi connectivity index (χ0n) is 18.5.